The fraction of sp³-hybridized carbons (Fsp3) is 0.559. The third-order valence-electron chi connectivity index (χ3n) is 9.03. The molecule has 0 unspecified atom stereocenters. The van der Waals surface area contributed by atoms with Crippen molar-refractivity contribution in [3.63, 3.8) is 0 Å². The summed E-state index contributed by atoms with van der Waals surface area (Å²) in [6.07, 6.45) is -0.0703. The molecule has 5 atom stereocenters. The van der Waals surface area contributed by atoms with Crippen LogP contribution in [0.4, 0.5) is 4.79 Å². The lowest BCUT2D eigenvalue weighted by Gasteiger charge is -2.31. The second kappa shape index (κ2) is 15.0. The summed E-state index contributed by atoms with van der Waals surface area (Å²) in [6.45, 7) is 8.11. The Balaban J connectivity index is 1.21. The Labute approximate surface area is 275 Å². The number of amides is 1. The summed E-state index contributed by atoms with van der Waals surface area (Å²) in [6, 6.07) is 13.5. The number of aliphatic hydroxyl groups is 1. The first-order valence-corrected chi connectivity index (χ1v) is 17.8. The summed E-state index contributed by atoms with van der Waals surface area (Å²) in [5, 5.41) is 15.2. The smallest absolute Gasteiger partial charge is 0.407 e. The van der Waals surface area contributed by atoms with Crippen molar-refractivity contribution in [3.8, 4) is 0 Å². The molecule has 3 fully saturated rings. The van der Waals surface area contributed by atoms with Crippen LogP contribution in [0.2, 0.25) is 0 Å². The van der Waals surface area contributed by atoms with Gasteiger partial charge in [-0.05, 0) is 42.5 Å². The number of carbonyl (C=O) groups excluding carboxylic acids is 1. The number of aliphatic hydroxyl groups excluding tert-OH is 1. The average molecular weight is 672 g/mol. The molecule has 3 aromatic rings. The highest BCUT2D eigenvalue weighted by atomic mass is 32.2. The molecule has 0 spiro atoms. The first-order valence-electron chi connectivity index (χ1n) is 16.4. The van der Waals surface area contributed by atoms with Crippen LogP contribution in [0.15, 0.2) is 64.1 Å². The minimum Gasteiger partial charge on any atom is -0.464 e. The molecular weight excluding hydrogens is 626 g/mol. The van der Waals surface area contributed by atoms with Crippen molar-refractivity contribution in [1.82, 2.24) is 14.5 Å². The largest absolute Gasteiger partial charge is 0.464 e. The number of hydrogen-bond donors (Lipinski definition) is 2. The molecule has 4 heterocycles. The lowest BCUT2D eigenvalue weighted by Crippen LogP contribution is -2.51. The molecule has 3 aliphatic rings. The number of furan rings is 1. The molecule has 0 radical (unpaired) electrons. The molecule has 3 aliphatic heterocycles. The molecule has 256 valence electrons. The predicted octanol–water partition coefficient (Wildman–Crippen LogP) is 3.37. The van der Waals surface area contributed by atoms with Crippen molar-refractivity contribution >= 4 is 27.1 Å². The lowest BCUT2D eigenvalue weighted by atomic mass is 10.0. The maximum atomic E-state index is 14.2. The molecule has 1 amide bonds. The summed E-state index contributed by atoms with van der Waals surface area (Å²) in [5.41, 5.74) is 2.39. The lowest BCUT2D eigenvalue weighted by molar-refractivity contribution is -0.0907. The molecule has 0 aliphatic carbocycles. The number of sulfonamides is 1. The molecule has 13 heteroatoms. The first kappa shape index (κ1) is 33.8. The van der Waals surface area contributed by atoms with E-state index in [1.165, 1.54) is 4.31 Å². The highest BCUT2D eigenvalue weighted by Gasteiger charge is 2.44. The Morgan fingerprint density at radius 3 is 2.64 bits per heavy atom. The molecule has 6 rings (SSSR count). The molecular formula is C34H45N3O9S. The van der Waals surface area contributed by atoms with Crippen LogP contribution < -0.4 is 5.32 Å². The van der Waals surface area contributed by atoms with Gasteiger partial charge in [0.2, 0.25) is 10.0 Å². The number of carbonyl (C=O) groups is 1. The molecule has 12 nitrogen and oxygen atoms in total. The number of nitrogens with zero attached hydrogens (tertiary/aromatic N) is 2. The third kappa shape index (κ3) is 8.16. The molecule has 1 aromatic heterocycles. The summed E-state index contributed by atoms with van der Waals surface area (Å²) in [5.74, 6) is -0.0622. The van der Waals surface area contributed by atoms with Crippen molar-refractivity contribution in [3.05, 3.63) is 65.9 Å². The Hall–Kier alpha value is -3.04. The van der Waals surface area contributed by atoms with Gasteiger partial charge in [0.15, 0.2) is 6.29 Å². The molecule has 3 saturated heterocycles. The summed E-state index contributed by atoms with van der Waals surface area (Å²) in [4.78, 5) is 15.5. The monoisotopic (exact) mass is 671 g/mol. The Bertz CT molecular complexity index is 1590. The van der Waals surface area contributed by atoms with Crippen LogP contribution in [0.1, 0.15) is 31.4 Å². The Morgan fingerprint density at radius 2 is 1.87 bits per heavy atom. The SMILES string of the molecule is CC(C)CN(C[C@@H](O)[C@H](Cc1ccccc1)NC(=O)O[C@H]1CO[C@H]2OCC[C@H]21)S(=O)(=O)c1ccc2occ(CN3CCOCC3)c2c1. The van der Waals surface area contributed by atoms with E-state index in [2.05, 4.69) is 10.2 Å². The maximum Gasteiger partial charge on any atom is 0.407 e. The van der Waals surface area contributed by atoms with E-state index in [1.54, 1.807) is 24.5 Å². The number of rotatable bonds is 13. The van der Waals surface area contributed by atoms with E-state index in [9.17, 15) is 18.3 Å². The molecule has 0 bridgehead atoms. The first-order chi connectivity index (χ1) is 22.7. The second-order valence-electron chi connectivity index (χ2n) is 13.0. The highest BCUT2D eigenvalue weighted by Crippen LogP contribution is 2.33. The normalized spacial score (nSPS) is 23.3. The van der Waals surface area contributed by atoms with Crippen molar-refractivity contribution in [2.75, 3.05) is 52.6 Å². The average Bonchev–Trinajstić information content (AvgIpc) is 3.79. The van der Waals surface area contributed by atoms with Gasteiger partial charge >= 0.3 is 6.09 Å². The van der Waals surface area contributed by atoms with Crippen LogP contribution in [0.3, 0.4) is 0 Å². The van der Waals surface area contributed by atoms with Crippen LogP contribution in [0, 0.1) is 11.8 Å². The van der Waals surface area contributed by atoms with Crippen molar-refractivity contribution in [1.29, 1.82) is 0 Å². The van der Waals surface area contributed by atoms with Gasteiger partial charge in [0, 0.05) is 43.7 Å². The zero-order valence-corrected chi connectivity index (χ0v) is 27.8. The third-order valence-corrected chi connectivity index (χ3v) is 10.9. The number of benzene rings is 2. The number of alkyl carbamates (subject to hydrolysis) is 1. The van der Waals surface area contributed by atoms with Crippen molar-refractivity contribution < 1.29 is 41.7 Å². The van der Waals surface area contributed by atoms with Gasteiger partial charge in [0.25, 0.3) is 0 Å². The van der Waals surface area contributed by atoms with Gasteiger partial charge in [-0.2, -0.15) is 4.31 Å². The topological polar surface area (TPSA) is 140 Å². The van der Waals surface area contributed by atoms with Gasteiger partial charge in [-0.1, -0.05) is 44.2 Å². The minimum atomic E-state index is -4.05. The second-order valence-corrected chi connectivity index (χ2v) is 14.9. The van der Waals surface area contributed by atoms with Crippen molar-refractivity contribution in [2.24, 2.45) is 11.8 Å². The van der Waals surface area contributed by atoms with Crippen LogP contribution >= 0.6 is 0 Å². The van der Waals surface area contributed by atoms with Gasteiger partial charge < -0.3 is 33.8 Å². The van der Waals surface area contributed by atoms with Crippen LogP contribution in [0.25, 0.3) is 11.0 Å². The zero-order valence-electron chi connectivity index (χ0n) is 27.0. The van der Waals surface area contributed by atoms with Crippen LogP contribution in [0.5, 0.6) is 0 Å². The summed E-state index contributed by atoms with van der Waals surface area (Å²) in [7, 11) is -4.05. The predicted molar refractivity (Wildman–Crippen MR) is 173 cm³/mol. The Kier molecular flexibility index (Phi) is 10.8. The molecule has 2 N–H and O–H groups in total. The number of hydrogen-bond acceptors (Lipinski definition) is 10. The van der Waals surface area contributed by atoms with E-state index in [0.717, 1.165) is 36.0 Å². The highest BCUT2D eigenvalue weighted by molar-refractivity contribution is 7.89. The van der Waals surface area contributed by atoms with E-state index in [0.29, 0.717) is 31.9 Å². The molecule has 0 saturated carbocycles. The van der Waals surface area contributed by atoms with E-state index in [1.807, 2.05) is 44.2 Å². The summed E-state index contributed by atoms with van der Waals surface area (Å²) >= 11 is 0. The minimum absolute atomic E-state index is 0.0269. The Morgan fingerprint density at radius 1 is 1.09 bits per heavy atom. The quantitative estimate of drug-likeness (QED) is 0.278. The standard InChI is InChI=1S/C34H45N3O9S/c1-23(2)18-37(47(40,41)26-8-9-31-28(17-26)25(21-44-31)19-36-11-14-42-15-12-36)20-30(38)29(16-24-6-4-3-5-7-24)35-34(39)46-32-22-45-33-27(32)10-13-43-33/h3-9,17,21,23,27,29-30,32-33,38H,10-16,18-20,22H2,1-2H3,(H,35,39)/t27-,29-,30+,32-,33+/m0/s1. The van der Waals surface area contributed by atoms with E-state index in [-0.39, 0.29) is 49.1 Å². The van der Waals surface area contributed by atoms with Gasteiger partial charge in [-0.15, -0.1) is 0 Å². The van der Waals surface area contributed by atoms with Gasteiger partial charge in [-0.25, -0.2) is 13.2 Å². The number of fused-ring (bicyclic) bond motifs is 2. The summed E-state index contributed by atoms with van der Waals surface area (Å²) < 4.78 is 57.9. The van der Waals surface area contributed by atoms with E-state index >= 15 is 0 Å². The van der Waals surface area contributed by atoms with E-state index < -0.39 is 34.4 Å². The fourth-order valence-electron chi connectivity index (χ4n) is 6.53. The van der Waals surface area contributed by atoms with Gasteiger partial charge in [0.05, 0.1) is 55.6 Å². The van der Waals surface area contributed by atoms with E-state index in [4.69, 9.17) is 23.4 Å². The maximum absolute atomic E-state index is 14.2. The molecule has 2 aromatic carbocycles. The van der Waals surface area contributed by atoms with Crippen LogP contribution in [-0.4, -0.2) is 106 Å². The zero-order chi connectivity index (χ0) is 33.0. The fourth-order valence-corrected chi connectivity index (χ4v) is 8.18. The number of morpholine rings is 1. The number of ether oxygens (including phenoxy) is 4. The van der Waals surface area contributed by atoms with Gasteiger partial charge in [0.1, 0.15) is 11.7 Å². The molecule has 47 heavy (non-hydrogen) atoms. The van der Waals surface area contributed by atoms with Gasteiger partial charge in [-0.3, -0.25) is 4.90 Å². The van der Waals surface area contributed by atoms with Crippen molar-refractivity contribution in [2.45, 2.75) is 62.7 Å². The number of nitrogens with one attached hydrogen (secondary N) is 1. The van der Waals surface area contributed by atoms with Crippen LogP contribution in [-0.2, 0) is 41.9 Å².